The van der Waals surface area contributed by atoms with Gasteiger partial charge in [0, 0.05) is 24.0 Å². The zero-order valence-electron chi connectivity index (χ0n) is 16.6. The number of pyridine rings is 1. The van der Waals surface area contributed by atoms with E-state index in [0.29, 0.717) is 44.8 Å². The zero-order chi connectivity index (χ0) is 19.9. The number of methoxy groups -OCH3 is 1. The van der Waals surface area contributed by atoms with Crippen molar-refractivity contribution in [2.45, 2.75) is 37.1 Å². The molecule has 2 heterocycles. The Hall–Kier alpha value is -2.47. The van der Waals surface area contributed by atoms with Gasteiger partial charge in [-0.15, -0.1) is 0 Å². The number of fused-ring (bicyclic) bond motifs is 1. The Kier molecular flexibility index (Phi) is 4.54. The molecule has 29 heavy (non-hydrogen) atoms. The van der Waals surface area contributed by atoms with E-state index in [2.05, 4.69) is 30.3 Å². The summed E-state index contributed by atoms with van der Waals surface area (Å²) >= 11 is 0. The smallest absolute Gasteiger partial charge is 0.219 e. The molecule has 1 N–H and O–H groups in total. The minimum atomic E-state index is -0.985. The first kappa shape index (κ1) is 18.6. The second-order valence-corrected chi connectivity index (χ2v) is 7.95. The molecule has 0 atom stereocenters. The molecule has 2 aliphatic rings. The minimum Gasteiger partial charge on any atom is -0.481 e. The van der Waals surface area contributed by atoms with Crippen LogP contribution < -0.4 is 4.74 Å². The summed E-state index contributed by atoms with van der Waals surface area (Å²) in [6.07, 6.45) is 2.44. The van der Waals surface area contributed by atoms with Crippen LogP contribution in [0.4, 0.5) is 0 Å². The minimum absolute atomic E-state index is 0.474. The summed E-state index contributed by atoms with van der Waals surface area (Å²) in [5.41, 5.74) is 1.60. The first-order valence-electron chi connectivity index (χ1n) is 10.2. The highest BCUT2D eigenvalue weighted by Crippen LogP contribution is 2.47. The van der Waals surface area contributed by atoms with Crippen molar-refractivity contribution in [3.05, 3.63) is 60.2 Å². The molecule has 2 fully saturated rings. The summed E-state index contributed by atoms with van der Waals surface area (Å²) in [7, 11) is 1.60. The Morgan fingerprint density at radius 1 is 0.897 bits per heavy atom. The second kappa shape index (κ2) is 7.10. The van der Waals surface area contributed by atoms with E-state index in [0.717, 1.165) is 16.8 Å². The monoisotopic (exact) mass is 391 g/mol. The van der Waals surface area contributed by atoms with Gasteiger partial charge < -0.3 is 19.3 Å². The Balaban J connectivity index is 1.46. The maximum absolute atomic E-state index is 11.4. The van der Waals surface area contributed by atoms with Crippen molar-refractivity contribution < 1.29 is 19.3 Å². The molecule has 1 aromatic heterocycles. The molecule has 0 radical (unpaired) electrons. The van der Waals surface area contributed by atoms with Gasteiger partial charge in [-0.25, -0.2) is 4.98 Å². The molecular weight excluding hydrogens is 366 g/mol. The van der Waals surface area contributed by atoms with Crippen molar-refractivity contribution in [1.29, 1.82) is 0 Å². The van der Waals surface area contributed by atoms with E-state index in [1.807, 2.05) is 24.3 Å². The van der Waals surface area contributed by atoms with Gasteiger partial charge >= 0.3 is 0 Å². The van der Waals surface area contributed by atoms with E-state index < -0.39 is 11.4 Å². The number of benzene rings is 2. The molecule has 150 valence electrons. The van der Waals surface area contributed by atoms with Gasteiger partial charge in [0.05, 0.1) is 31.6 Å². The van der Waals surface area contributed by atoms with Crippen LogP contribution in [-0.4, -0.2) is 36.2 Å². The number of ether oxygens (including phenoxy) is 3. The number of aliphatic hydroxyl groups is 1. The Labute approximate surface area is 170 Å². The van der Waals surface area contributed by atoms with Crippen molar-refractivity contribution in [3.8, 4) is 17.1 Å². The number of nitrogens with zero attached hydrogens (tertiary/aromatic N) is 1. The van der Waals surface area contributed by atoms with Crippen molar-refractivity contribution in [2.75, 3.05) is 20.3 Å². The van der Waals surface area contributed by atoms with Gasteiger partial charge in [0.25, 0.3) is 0 Å². The highest BCUT2D eigenvalue weighted by molar-refractivity contribution is 5.86. The Bertz CT molecular complexity index is 1030. The summed E-state index contributed by atoms with van der Waals surface area (Å²) in [5.74, 6) is -0.0415. The standard InChI is InChI=1S/C24H25NO4/c1-27-22-20(23(26)10-12-24(13-11-23)28-14-15-29-24)8-9-21(25-22)19-7-6-17-4-2-3-5-18(17)16-19/h2-9,16,26H,10-15H2,1H3. The Morgan fingerprint density at radius 3 is 2.34 bits per heavy atom. The van der Waals surface area contributed by atoms with Crippen LogP contribution in [0.5, 0.6) is 5.88 Å². The molecule has 1 aliphatic heterocycles. The van der Waals surface area contributed by atoms with Crippen molar-refractivity contribution >= 4 is 10.8 Å². The van der Waals surface area contributed by atoms with Gasteiger partial charge in [-0.3, -0.25) is 0 Å². The fraction of sp³-hybridized carbons (Fsp3) is 0.375. The molecule has 1 aliphatic carbocycles. The van der Waals surface area contributed by atoms with Gasteiger partial charge in [0.15, 0.2) is 5.79 Å². The van der Waals surface area contributed by atoms with Gasteiger partial charge in [-0.2, -0.15) is 0 Å². The van der Waals surface area contributed by atoms with Crippen LogP contribution >= 0.6 is 0 Å². The number of hydrogen-bond donors (Lipinski definition) is 1. The molecule has 0 amide bonds. The highest BCUT2D eigenvalue weighted by Gasteiger charge is 2.47. The van der Waals surface area contributed by atoms with Crippen LogP contribution in [-0.2, 0) is 15.1 Å². The highest BCUT2D eigenvalue weighted by atomic mass is 16.7. The normalized spacial score (nSPS) is 20.2. The third-order valence-corrected chi connectivity index (χ3v) is 6.25. The molecule has 1 spiro atoms. The van der Waals surface area contributed by atoms with Crippen LogP contribution in [0.25, 0.3) is 22.0 Å². The van der Waals surface area contributed by atoms with Crippen molar-refractivity contribution in [3.63, 3.8) is 0 Å². The fourth-order valence-electron chi connectivity index (χ4n) is 4.56. The van der Waals surface area contributed by atoms with E-state index in [-0.39, 0.29) is 0 Å². The maximum atomic E-state index is 11.4. The number of hydrogen-bond acceptors (Lipinski definition) is 5. The van der Waals surface area contributed by atoms with Gasteiger partial charge in [-0.05, 0) is 41.8 Å². The molecule has 1 saturated heterocycles. The van der Waals surface area contributed by atoms with Crippen LogP contribution in [0.2, 0.25) is 0 Å². The van der Waals surface area contributed by atoms with Gasteiger partial charge in [0.1, 0.15) is 0 Å². The van der Waals surface area contributed by atoms with Crippen LogP contribution in [0.15, 0.2) is 54.6 Å². The number of aromatic nitrogens is 1. The van der Waals surface area contributed by atoms with E-state index in [4.69, 9.17) is 19.2 Å². The summed E-state index contributed by atoms with van der Waals surface area (Å²) in [6.45, 7) is 1.26. The third kappa shape index (κ3) is 3.29. The summed E-state index contributed by atoms with van der Waals surface area (Å²) in [4.78, 5) is 4.73. The Morgan fingerprint density at radius 2 is 1.62 bits per heavy atom. The predicted molar refractivity (Wildman–Crippen MR) is 111 cm³/mol. The SMILES string of the molecule is COc1nc(-c2ccc3ccccc3c2)ccc1C1(O)CCC2(CC1)OCCO2. The molecule has 3 aromatic rings. The molecule has 5 heteroatoms. The lowest BCUT2D eigenvalue weighted by Crippen LogP contribution is -2.42. The third-order valence-electron chi connectivity index (χ3n) is 6.25. The van der Waals surface area contributed by atoms with E-state index in [1.165, 1.54) is 10.8 Å². The lowest BCUT2D eigenvalue weighted by Gasteiger charge is -2.40. The lowest BCUT2D eigenvalue weighted by molar-refractivity contribution is -0.204. The van der Waals surface area contributed by atoms with E-state index >= 15 is 0 Å². The maximum Gasteiger partial charge on any atom is 0.219 e. The predicted octanol–water partition coefficient (Wildman–Crippen LogP) is 4.42. The van der Waals surface area contributed by atoms with Gasteiger partial charge in [-0.1, -0.05) is 36.4 Å². The van der Waals surface area contributed by atoms with E-state index in [1.54, 1.807) is 7.11 Å². The largest absolute Gasteiger partial charge is 0.481 e. The average Bonchev–Trinajstić information content (AvgIpc) is 3.24. The van der Waals surface area contributed by atoms with Crippen LogP contribution in [0.1, 0.15) is 31.2 Å². The average molecular weight is 391 g/mol. The molecular formula is C24H25NO4. The van der Waals surface area contributed by atoms with Crippen molar-refractivity contribution in [2.24, 2.45) is 0 Å². The molecule has 5 nitrogen and oxygen atoms in total. The lowest BCUT2D eigenvalue weighted by atomic mass is 9.77. The molecule has 5 rings (SSSR count). The van der Waals surface area contributed by atoms with Crippen LogP contribution in [0.3, 0.4) is 0 Å². The topological polar surface area (TPSA) is 60.8 Å². The van der Waals surface area contributed by atoms with Crippen molar-refractivity contribution in [1.82, 2.24) is 4.98 Å². The first-order valence-corrected chi connectivity index (χ1v) is 10.2. The zero-order valence-corrected chi connectivity index (χ0v) is 16.6. The van der Waals surface area contributed by atoms with E-state index in [9.17, 15) is 5.11 Å². The first-order chi connectivity index (χ1) is 14.1. The fourth-order valence-corrected chi connectivity index (χ4v) is 4.56. The molecule has 0 unspecified atom stereocenters. The van der Waals surface area contributed by atoms with Crippen LogP contribution in [0, 0.1) is 0 Å². The summed E-state index contributed by atoms with van der Waals surface area (Å²) < 4.78 is 17.2. The number of rotatable bonds is 3. The van der Waals surface area contributed by atoms with Gasteiger partial charge in [0.2, 0.25) is 5.88 Å². The molecule has 2 aromatic carbocycles. The quantitative estimate of drug-likeness (QED) is 0.716. The molecule has 0 bridgehead atoms. The summed E-state index contributed by atoms with van der Waals surface area (Å²) in [5, 5.41) is 13.7. The molecule has 1 saturated carbocycles. The summed E-state index contributed by atoms with van der Waals surface area (Å²) in [6, 6.07) is 18.5. The second-order valence-electron chi connectivity index (χ2n) is 7.95.